The van der Waals surface area contributed by atoms with Crippen LogP contribution in [0.15, 0.2) is 36.4 Å². The highest BCUT2D eigenvalue weighted by atomic mass is 16.5. The minimum Gasteiger partial charge on any atom is -0.497 e. The van der Waals surface area contributed by atoms with E-state index in [-0.39, 0.29) is 6.10 Å². The van der Waals surface area contributed by atoms with Crippen molar-refractivity contribution < 1.29 is 14.3 Å². The molecule has 0 N–H and O–H groups in total. The molecule has 0 aromatic heterocycles. The first-order valence-electron chi connectivity index (χ1n) is 6.64. The Hall–Kier alpha value is -2.29. The third kappa shape index (κ3) is 2.16. The molecule has 0 saturated carbocycles. The Bertz CT molecular complexity index is 661. The van der Waals surface area contributed by atoms with E-state index in [0.29, 0.717) is 11.3 Å². The third-order valence-corrected chi connectivity index (χ3v) is 3.59. The van der Waals surface area contributed by atoms with E-state index in [4.69, 9.17) is 9.47 Å². The van der Waals surface area contributed by atoms with Crippen LogP contribution in [-0.2, 0) is 6.42 Å². The molecule has 1 aliphatic heterocycles. The molecule has 1 aliphatic rings. The van der Waals surface area contributed by atoms with Crippen molar-refractivity contribution in [1.29, 1.82) is 0 Å². The molecule has 0 radical (unpaired) electrons. The molecule has 2 aromatic rings. The SMILES string of the molecule is COc1ccc(-c2ccc3c(c2)CC(C)O3)c(C=O)c1. The van der Waals surface area contributed by atoms with Gasteiger partial charge in [0.2, 0.25) is 0 Å². The number of fused-ring (bicyclic) bond motifs is 1. The molecular formula is C17H16O3. The maximum atomic E-state index is 11.3. The molecule has 3 nitrogen and oxygen atoms in total. The quantitative estimate of drug-likeness (QED) is 0.799. The molecule has 1 heterocycles. The smallest absolute Gasteiger partial charge is 0.150 e. The second kappa shape index (κ2) is 5.00. The topological polar surface area (TPSA) is 35.5 Å². The van der Waals surface area contributed by atoms with Crippen LogP contribution in [0.3, 0.4) is 0 Å². The van der Waals surface area contributed by atoms with Crippen molar-refractivity contribution in [2.45, 2.75) is 19.4 Å². The van der Waals surface area contributed by atoms with Crippen LogP contribution >= 0.6 is 0 Å². The average Bonchev–Trinajstić information content (AvgIpc) is 2.85. The van der Waals surface area contributed by atoms with Gasteiger partial charge in [0.1, 0.15) is 17.6 Å². The van der Waals surface area contributed by atoms with Gasteiger partial charge in [0.15, 0.2) is 6.29 Å². The maximum absolute atomic E-state index is 11.3. The Labute approximate surface area is 118 Å². The standard InChI is InChI=1S/C17H16O3/c1-11-7-13-8-12(3-6-17(13)20-11)16-5-4-15(19-2)9-14(16)10-18/h3-6,8-11H,7H2,1-2H3. The van der Waals surface area contributed by atoms with Gasteiger partial charge in [0, 0.05) is 12.0 Å². The molecule has 0 spiro atoms. The van der Waals surface area contributed by atoms with Crippen molar-refractivity contribution in [1.82, 2.24) is 0 Å². The molecular weight excluding hydrogens is 252 g/mol. The fourth-order valence-electron chi connectivity index (χ4n) is 2.62. The Morgan fingerprint density at radius 3 is 2.85 bits per heavy atom. The van der Waals surface area contributed by atoms with Crippen molar-refractivity contribution in [3.8, 4) is 22.6 Å². The van der Waals surface area contributed by atoms with E-state index >= 15 is 0 Å². The van der Waals surface area contributed by atoms with Gasteiger partial charge in [0.05, 0.1) is 7.11 Å². The summed E-state index contributed by atoms with van der Waals surface area (Å²) in [4.78, 5) is 11.3. The first-order valence-corrected chi connectivity index (χ1v) is 6.64. The molecule has 1 unspecified atom stereocenters. The van der Waals surface area contributed by atoms with Gasteiger partial charge in [-0.1, -0.05) is 6.07 Å². The highest BCUT2D eigenvalue weighted by molar-refractivity contribution is 5.88. The number of ether oxygens (including phenoxy) is 2. The lowest BCUT2D eigenvalue weighted by Gasteiger charge is -2.09. The third-order valence-electron chi connectivity index (χ3n) is 3.59. The van der Waals surface area contributed by atoms with Crippen LogP contribution < -0.4 is 9.47 Å². The van der Waals surface area contributed by atoms with Crippen LogP contribution in [0.4, 0.5) is 0 Å². The van der Waals surface area contributed by atoms with Crippen molar-refractivity contribution in [3.05, 3.63) is 47.5 Å². The summed E-state index contributed by atoms with van der Waals surface area (Å²) in [6.07, 6.45) is 2.00. The maximum Gasteiger partial charge on any atom is 0.150 e. The molecule has 0 aliphatic carbocycles. The lowest BCUT2D eigenvalue weighted by Crippen LogP contribution is -2.05. The summed E-state index contributed by atoms with van der Waals surface area (Å²) in [6, 6.07) is 11.6. The number of benzene rings is 2. The van der Waals surface area contributed by atoms with Gasteiger partial charge in [-0.05, 0) is 53.9 Å². The number of hydrogen-bond donors (Lipinski definition) is 0. The molecule has 0 amide bonds. The van der Waals surface area contributed by atoms with Gasteiger partial charge in [-0.25, -0.2) is 0 Å². The van der Waals surface area contributed by atoms with Crippen LogP contribution in [0.1, 0.15) is 22.8 Å². The largest absolute Gasteiger partial charge is 0.497 e. The predicted octanol–water partition coefficient (Wildman–Crippen LogP) is 3.50. The lowest BCUT2D eigenvalue weighted by atomic mass is 9.97. The van der Waals surface area contributed by atoms with Gasteiger partial charge >= 0.3 is 0 Å². The normalized spacial score (nSPS) is 16.4. The molecule has 0 bridgehead atoms. The zero-order valence-electron chi connectivity index (χ0n) is 11.6. The number of methoxy groups -OCH3 is 1. The summed E-state index contributed by atoms with van der Waals surface area (Å²) >= 11 is 0. The van der Waals surface area contributed by atoms with E-state index in [9.17, 15) is 4.79 Å². The molecule has 20 heavy (non-hydrogen) atoms. The first-order chi connectivity index (χ1) is 9.71. The van der Waals surface area contributed by atoms with Gasteiger partial charge in [-0.3, -0.25) is 4.79 Å². The van der Waals surface area contributed by atoms with Crippen molar-refractivity contribution >= 4 is 6.29 Å². The molecule has 0 fully saturated rings. The van der Waals surface area contributed by atoms with Crippen molar-refractivity contribution in [3.63, 3.8) is 0 Å². The van der Waals surface area contributed by atoms with E-state index in [1.54, 1.807) is 13.2 Å². The van der Waals surface area contributed by atoms with Crippen LogP contribution in [0, 0.1) is 0 Å². The summed E-state index contributed by atoms with van der Waals surface area (Å²) in [5.41, 5.74) is 3.79. The van der Waals surface area contributed by atoms with E-state index in [0.717, 1.165) is 29.6 Å². The Balaban J connectivity index is 2.06. The van der Waals surface area contributed by atoms with Gasteiger partial charge in [0.25, 0.3) is 0 Å². The number of hydrogen-bond acceptors (Lipinski definition) is 3. The van der Waals surface area contributed by atoms with Crippen LogP contribution in [0.2, 0.25) is 0 Å². The minimum atomic E-state index is 0.224. The van der Waals surface area contributed by atoms with E-state index in [1.807, 2.05) is 24.3 Å². The van der Waals surface area contributed by atoms with Gasteiger partial charge in [-0.2, -0.15) is 0 Å². The van der Waals surface area contributed by atoms with Crippen LogP contribution in [-0.4, -0.2) is 19.5 Å². The predicted molar refractivity (Wildman–Crippen MR) is 77.6 cm³/mol. The number of carbonyl (C=O) groups excluding carboxylic acids is 1. The summed E-state index contributed by atoms with van der Waals surface area (Å²) in [5, 5.41) is 0. The molecule has 3 heteroatoms. The van der Waals surface area contributed by atoms with E-state index in [2.05, 4.69) is 13.0 Å². The van der Waals surface area contributed by atoms with E-state index < -0.39 is 0 Å². The zero-order valence-corrected chi connectivity index (χ0v) is 11.6. The first kappa shape index (κ1) is 12.7. The minimum absolute atomic E-state index is 0.224. The van der Waals surface area contributed by atoms with Gasteiger partial charge in [-0.15, -0.1) is 0 Å². The number of carbonyl (C=O) groups is 1. The number of aldehydes is 1. The van der Waals surface area contributed by atoms with Crippen LogP contribution in [0.25, 0.3) is 11.1 Å². The molecule has 2 aromatic carbocycles. The summed E-state index contributed by atoms with van der Waals surface area (Å²) < 4.78 is 10.9. The molecule has 102 valence electrons. The highest BCUT2D eigenvalue weighted by Gasteiger charge is 2.19. The Morgan fingerprint density at radius 2 is 2.10 bits per heavy atom. The van der Waals surface area contributed by atoms with Crippen molar-refractivity contribution in [2.24, 2.45) is 0 Å². The average molecular weight is 268 g/mol. The summed E-state index contributed by atoms with van der Waals surface area (Å²) in [7, 11) is 1.59. The highest BCUT2D eigenvalue weighted by Crippen LogP contribution is 2.34. The fraction of sp³-hybridized carbons (Fsp3) is 0.235. The van der Waals surface area contributed by atoms with E-state index in [1.165, 1.54) is 5.56 Å². The van der Waals surface area contributed by atoms with Gasteiger partial charge < -0.3 is 9.47 Å². The Kier molecular flexibility index (Phi) is 3.18. The summed E-state index contributed by atoms with van der Waals surface area (Å²) in [5.74, 6) is 1.64. The number of rotatable bonds is 3. The Morgan fingerprint density at radius 1 is 1.25 bits per heavy atom. The lowest BCUT2D eigenvalue weighted by molar-refractivity contribution is 0.112. The fourth-order valence-corrected chi connectivity index (χ4v) is 2.62. The van der Waals surface area contributed by atoms with Crippen molar-refractivity contribution in [2.75, 3.05) is 7.11 Å². The monoisotopic (exact) mass is 268 g/mol. The molecule has 1 atom stereocenters. The second-order valence-corrected chi connectivity index (χ2v) is 5.03. The molecule has 0 saturated heterocycles. The molecule has 3 rings (SSSR count). The second-order valence-electron chi connectivity index (χ2n) is 5.03. The zero-order chi connectivity index (χ0) is 14.1. The van der Waals surface area contributed by atoms with Crippen LogP contribution in [0.5, 0.6) is 11.5 Å². The summed E-state index contributed by atoms with van der Waals surface area (Å²) in [6.45, 7) is 2.06.